The smallest absolute Gasteiger partial charge is 0.161 e. The summed E-state index contributed by atoms with van der Waals surface area (Å²) in [6.07, 6.45) is 4.82. The van der Waals surface area contributed by atoms with E-state index >= 15 is 0 Å². The first-order valence-electron chi connectivity index (χ1n) is 6.44. The zero-order valence-electron chi connectivity index (χ0n) is 11.8. The predicted molar refractivity (Wildman–Crippen MR) is 82.6 cm³/mol. The zero-order valence-corrected chi connectivity index (χ0v) is 12.6. The number of carbonyl (C=O) groups excluding carboxylic acids is 1. The number of hydrogen-bond donors (Lipinski definition) is 0. The molecule has 3 heteroatoms. The molecule has 18 heavy (non-hydrogen) atoms. The lowest BCUT2D eigenvalue weighted by Crippen LogP contribution is -2.38. The molecule has 1 aromatic carbocycles. The van der Waals surface area contributed by atoms with E-state index in [-0.39, 0.29) is 5.78 Å². The van der Waals surface area contributed by atoms with Crippen LogP contribution in [0.4, 0.5) is 5.69 Å². The second-order valence-electron chi connectivity index (χ2n) is 5.74. The number of carbonyl (C=O) groups is 1. The molecule has 100 valence electrons. The van der Waals surface area contributed by atoms with E-state index in [1.54, 1.807) is 6.92 Å². The van der Waals surface area contributed by atoms with Crippen LogP contribution in [0.1, 0.15) is 22.8 Å². The molecule has 2 nitrogen and oxygen atoms in total. The van der Waals surface area contributed by atoms with Gasteiger partial charge in [0, 0.05) is 24.3 Å². The Morgan fingerprint density at radius 2 is 1.83 bits per heavy atom. The van der Waals surface area contributed by atoms with Crippen molar-refractivity contribution in [3.8, 4) is 0 Å². The van der Waals surface area contributed by atoms with Crippen LogP contribution in [0.3, 0.4) is 0 Å². The molecule has 0 amide bonds. The van der Waals surface area contributed by atoms with Crippen LogP contribution in [-0.2, 0) is 0 Å². The fourth-order valence-corrected chi connectivity index (χ4v) is 4.00. The Balaban J connectivity index is 2.28. The third-order valence-corrected chi connectivity index (χ3v) is 6.28. The van der Waals surface area contributed by atoms with Gasteiger partial charge in [-0.15, -0.1) is 0 Å². The molecule has 1 aliphatic heterocycles. The van der Waals surface area contributed by atoms with E-state index in [0.717, 1.165) is 24.3 Å². The molecule has 0 atom stereocenters. The second-order valence-corrected chi connectivity index (χ2v) is 10.1. The van der Waals surface area contributed by atoms with Crippen molar-refractivity contribution < 1.29 is 4.79 Å². The van der Waals surface area contributed by atoms with Gasteiger partial charge in [-0.3, -0.25) is 4.79 Å². The Morgan fingerprint density at radius 3 is 2.39 bits per heavy atom. The maximum Gasteiger partial charge on any atom is 0.161 e. The summed E-state index contributed by atoms with van der Waals surface area (Å²) in [5.41, 5.74) is 3.24. The highest BCUT2D eigenvalue weighted by atomic mass is 32.3. The lowest BCUT2D eigenvalue weighted by atomic mass is 10.1. The molecule has 1 saturated heterocycles. The van der Waals surface area contributed by atoms with Crippen LogP contribution in [0, 0.1) is 6.92 Å². The van der Waals surface area contributed by atoms with Gasteiger partial charge in [0.2, 0.25) is 0 Å². The number of ketones is 1. The number of nitrogens with zero attached hydrogens (tertiary/aromatic N) is 1. The first-order chi connectivity index (χ1) is 8.39. The van der Waals surface area contributed by atoms with Gasteiger partial charge in [-0.05, 0) is 55.6 Å². The van der Waals surface area contributed by atoms with Gasteiger partial charge in [0.15, 0.2) is 5.78 Å². The Labute approximate surface area is 112 Å². The quantitative estimate of drug-likeness (QED) is 0.766. The minimum absolute atomic E-state index is 0.169. The number of rotatable bonds is 2. The number of Topliss-reactive ketones (excluding diaryl/α,β-unsaturated/α-hetero) is 1. The first-order valence-corrected chi connectivity index (χ1v) is 9.23. The molecule has 0 radical (unpaired) electrons. The largest absolute Gasteiger partial charge is 0.369 e. The minimum Gasteiger partial charge on any atom is -0.369 e. The molecule has 2 rings (SSSR count). The SMILES string of the molecule is CC(=O)c1ccc(C)cc1N1CCS(C)(C)CC1. The fourth-order valence-electron chi connectivity index (χ4n) is 2.37. The van der Waals surface area contributed by atoms with Crippen molar-refractivity contribution >= 4 is 21.5 Å². The highest BCUT2D eigenvalue weighted by molar-refractivity contribution is 8.32. The lowest BCUT2D eigenvalue weighted by Gasteiger charge is -2.42. The van der Waals surface area contributed by atoms with E-state index in [9.17, 15) is 4.79 Å². The van der Waals surface area contributed by atoms with E-state index < -0.39 is 10.0 Å². The summed E-state index contributed by atoms with van der Waals surface area (Å²) in [6.45, 7) is 5.93. The van der Waals surface area contributed by atoms with Gasteiger partial charge >= 0.3 is 0 Å². The van der Waals surface area contributed by atoms with Gasteiger partial charge in [-0.2, -0.15) is 0 Å². The van der Waals surface area contributed by atoms with Crippen molar-refractivity contribution in [3.63, 3.8) is 0 Å². The number of hydrogen-bond acceptors (Lipinski definition) is 2. The van der Waals surface area contributed by atoms with Crippen LogP contribution in [0.2, 0.25) is 0 Å². The van der Waals surface area contributed by atoms with E-state index in [2.05, 4.69) is 30.4 Å². The van der Waals surface area contributed by atoms with Crippen LogP contribution in [0.5, 0.6) is 0 Å². The molecule has 1 aliphatic rings. The third-order valence-electron chi connectivity index (χ3n) is 3.70. The number of anilines is 1. The summed E-state index contributed by atoms with van der Waals surface area (Å²) in [5, 5.41) is 0. The monoisotopic (exact) mass is 265 g/mol. The molecule has 1 aromatic rings. The molecule has 0 aliphatic carbocycles. The molecule has 0 spiro atoms. The molecular formula is C15H23NOS. The summed E-state index contributed by atoms with van der Waals surface area (Å²) in [5.74, 6) is 2.72. The zero-order chi connectivity index (χ0) is 13.3. The molecule has 0 saturated carbocycles. The second kappa shape index (κ2) is 4.96. The van der Waals surface area contributed by atoms with Crippen molar-refractivity contribution in [1.29, 1.82) is 0 Å². The van der Waals surface area contributed by atoms with Crippen LogP contribution in [-0.4, -0.2) is 42.9 Å². The summed E-state index contributed by atoms with van der Waals surface area (Å²) in [4.78, 5) is 14.1. The maximum absolute atomic E-state index is 11.7. The number of benzene rings is 1. The average molecular weight is 265 g/mol. The van der Waals surface area contributed by atoms with Gasteiger partial charge in [0.05, 0.1) is 0 Å². The van der Waals surface area contributed by atoms with Crippen LogP contribution in [0.25, 0.3) is 0 Å². The van der Waals surface area contributed by atoms with Crippen LogP contribution >= 0.6 is 10.0 Å². The van der Waals surface area contributed by atoms with Crippen molar-refractivity contribution in [2.75, 3.05) is 42.0 Å². The highest BCUT2D eigenvalue weighted by Gasteiger charge is 2.23. The van der Waals surface area contributed by atoms with E-state index in [1.807, 2.05) is 12.1 Å². The topological polar surface area (TPSA) is 20.3 Å². The van der Waals surface area contributed by atoms with Crippen LogP contribution in [0.15, 0.2) is 18.2 Å². The molecule has 0 N–H and O–H groups in total. The minimum atomic E-state index is -0.393. The lowest BCUT2D eigenvalue weighted by molar-refractivity contribution is 0.101. The van der Waals surface area contributed by atoms with Gasteiger partial charge in [0.1, 0.15) is 0 Å². The van der Waals surface area contributed by atoms with Gasteiger partial charge in [-0.1, -0.05) is 6.07 Å². The van der Waals surface area contributed by atoms with Gasteiger partial charge in [-0.25, -0.2) is 10.0 Å². The molecule has 0 unspecified atom stereocenters. The molecule has 1 fully saturated rings. The van der Waals surface area contributed by atoms with Crippen molar-refractivity contribution in [3.05, 3.63) is 29.3 Å². The summed E-state index contributed by atoms with van der Waals surface area (Å²) in [6, 6.07) is 6.16. The number of aryl methyl sites for hydroxylation is 1. The van der Waals surface area contributed by atoms with Crippen molar-refractivity contribution in [2.24, 2.45) is 0 Å². The summed E-state index contributed by atoms with van der Waals surface area (Å²) >= 11 is 0. The normalized spacial score (nSPS) is 20.6. The van der Waals surface area contributed by atoms with Gasteiger partial charge in [0.25, 0.3) is 0 Å². The molecule has 1 heterocycles. The van der Waals surface area contributed by atoms with E-state index in [0.29, 0.717) is 0 Å². The van der Waals surface area contributed by atoms with E-state index in [4.69, 9.17) is 0 Å². The Hall–Kier alpha value is -0.960. The third kappa shape index (κ3) is 2.89. The Bertz CT molecular complexity index is 458. The molecule has 0 bridgehead atoms. The Kier molecular flexibility index (Phi) is 3.71. The average Bonchev–Trinajstić information content (AvgIpc) is 2.28. The fraction of sp³-hybridized carbons (Fsp3) is 0.533. The molecule has 0 aromatic heterocycles. The van der Waals surface area contributed by atoms with Gasteiger partial charge < -0.3 is 4.90 Å². The first kappa shape index (κ1) is 13.5. The predicted octanol–water partition coefficient (Wildman–Crippen LogP) is 3.08. The highest BCUT2D eigenvalue weighted by Crippen LogP contribution is 2.42. The summed E-state index contributed by atoms with van der Waals surface area (Å²) < 4.78 is 0. The Morgan fingerprint density at radius 1 is 1.22 bits per heavy atom. The summed E-state index contributed by atoms with van der Waals surface area (Å²) in [7, 11) is -0.393. The standard InChI is InChI=1S/C15H23NOS/c1-12-5-6-14(13(2)17)15(11-12)16-7-9-18(3,4)10-8-16/h5-6,11H,7-10H2,1-4H3. The molecular weight excluding hydrogens is 242 g/mol. The van der Waals surface area contributed by atoms with Crippen LogP contribution < -0.4 is 4.90 Å². The maximum atomic E-state index is 11.7. The van der Waals surface area contributed by atoms with E-state index in [1.165, 1.54) is 17.1 Å². The van der Waals surface area contributed by atoms with Crippen molar-refractivity contribution in [2.45, 2.75) is 13.8 Å². The van der Waals surface area contributed by atoms with Crippen molar-refractivity contribution in [1.82, 2.24) is 0 Å².